The molecule has 0 saturated heterocycles. The molecule has 0 aliphatic carbocycles. The van der Waals surface area contributed by atoms with Crippen molar-refractivity contribution in [2.75, 3.05) is 6.54 Å². The van der Waals surface area contributed by atoms with Crippen molar-refractivity contribution in [3.8, 4) is 5.69 Å². The Kier molecular flexibility index (Phi) is 4.02. The number of rotatable bonds is 5. The molecule has 0 spiro atoms. The predicted octanol–water partition coefficient (Wildman–Crippen LogP) is 3.83. The zero-order chi connectivity index (χ0) is 14.7. The van der Waals surface area contributed by atoms with Gasteiger partial charge in [-0.15, -0.1) is 0 Å². The van der Waals surface area contributed by atoms with Gasteiger partial charge in [0.15, 0.2) is 0 Å². The van der Waals surface area contributed by atoms with Gasteiger partial charge in [0, 0.05) is 11.9 Å². The van der Waals surface area contributed by atoms with Gasteiger partial charge in [0.05, 0.1) is 17.4 Å². The van der Waals surface area contributed by atoms with E-state index < -0.39 is 0 Å². The van der Waals surface area contributed by atoms with Crippen LogP contribution < -0.4 is 5.32 Å². The lowest BCUT2D eigenvalue weighted by Gasteiger charge is -2.12. The Morgan fingerprint density at radius 2 is 2.00 bits per heavy atom. The highest BCUT2D eigenvalue weighted by Gasteiger charge is 2.09. The summed E-state index contributed by atoms with van der Waals surface area (Å²) in [6.07, 6.45) is 3.07. The van der Waals surface area contributed by atoms with Crippen LogP contribution in [0.15, 0.2) is 48.7 Å². The van der Waals surface area contributed by atoms with Crippen molar-refractivity contribution in [1.29, 1.82) is 0 Å². The first-order valence-corrected chi connectivity index (χ1v) is 7.53. The van der Waals surface area contributed by atoms with Gasteiger partial charge >= 0.3 is 0 Å². The van der Waals surface area contributed by atoms with E-state index in [-0.39, 0.29) is 0 Å². The first-order chi connectivity index (χ1) is 10.3. The number of aryl methyl sites for hydroxylation is 1. The van der Waals surface area contributed by atoms with Crippen molar-refractivity contribution in [3.05, 3.63) is 59.8 Å². The van der Waals surface area contributed by atoms with Gasteiger partial charge in [0.25, 0.3) is 0 Å². The average molecular weight is 279 g/mol. The van der Waals surface area contributed by atoms with Crippen LogP contribution in [0, 0.1) is 6.92 Å². The summed E-state index contributed by atoms with van der Waals surface area (Å²) in [5, 5.41) is 9.23. The number of nitrogens with one attached hydrogen (secondary N) is 1. The van der Waals surface area contributed by atoms with Gasteiger partial charge < -0.3 is 5.32 Å². The highest BCUT2D eigenvalue weighted by atomic mass is 15.3. The second-order valence-corrected chi connectivity index (χ2v) is 5.42. The first-order valence-electron chi connectivity index (χ1n) is 7.53. The fourth-order valence-corrected chi connectivity index (χ4v) is 2.63. The number of para-hydroxylation sites is 1. The number of hydrogen-bond acceptors (Lipinski definition) is 2. The fourth-order valence-electron chi connectivity index (χ4n) is 2.63. The van der Waals surface area contributed by atoms with Crippen LogP contribution in [0.25, 0.3) is 16.6 Å². The molecule has 3 heteroatoms. The van der Waals surface area contributed by atoms with Crippen molar-refractivity contribution in [1.82, 2.24) is 15.1 Å². The maximum Gasteiger partial charge on any atom is 0.0741 e. The smallest absolute Gasteiger partial charge is 0.0741 e. The van der Waals surface area contributed by atoms with Crippen molar-refractivity contribution in [2.24, 2.45) is 0 Å². The molecule has 1 N–H and O–H groups in total. The van der Waals surface area contributed by atoms with E-state index in [0.29, 0.717) is 0 Å². The van der Waals surface area contributed by atoms with Crippen molar-refractivity contribution >= 4 is 10.9 Å². The van der Waals surface area contributed by atoms with Crippen LogP contribution in [-0.4, -0.2) is 16.3 Å². The molecule has 0 aliphatic heterocycles. The molecule has 3 rings (SSSR count). The molecule has 0 fully saturated rings. The first kappa shape index (κ1) is 13.8. The Bertz CT molecular complexity index is 743. The fraction of sp³-hybridized carbons (Fsp3) is 0.278. The lowest BCUT2D eigenvalue weighted by Crippen LogP contribution is -2.16. The number of hydrogen-bond donors (Lipinski definition) is 1. The molecule has 2 aromatic carbocycles. The van der Waals surface area contributed by atoms with E-state index in [4.69, 9.17) is 0 Å². The van der Waals surface area contributed by atoms with Crippen LogP contribution in [-0.2, 0) is 6.54 Å². The second-order valence-electron chi connectivity index (χ2n) is 5.42. The third kappa shape index (κ3) is 2.83. The van der Waals surface area contributed by atoms with Gasteiger partial charge in [-0.05, 0) is 37.6 Å². The summed E-state index contributed by atoms with van der Waals surface area (Å²) in [5.74, 6) is 0. The lowest BCUT2D eigenvalue weighted by atomic mass is 10.1. The van der Waals surface area contributed by atoms with Crippen LogP contribution >= 0.6 is 0 Å². The third-order valence-electron chi connectivity index (χ3n) is 3.68. The number of fused-ring (bicyclic) bond motifs is 1. The summed E-state index contributed by atoms with van der Waals surface area (Å²) in [4.78, 5) is 0. The van der Waals surface area contributed by atoms with E-state index in [9.17, 15) is 0 Å². The van der Waals surface area contributed by atoms with Gasteiger partial charge in [0.1, 0.15) is 0 Å². The number of aromatic nitrogens is 2. The minimum Gasteiger partial charge on any atom is -0.313 e. The largest absolute Gasteiger partial charge is 0.313 e. The van der Waals surface area contributed by atoms with Crippen LogP contribution in [0.3, 0.4) is 0 Å². The monoisotopic (exact) mass is 279 g/mol. The van der Waals surface area contributed by atoms with Crippen LogP contribution in [0.2, 0.25) is 0 Å². The van der Waals surface area contributed by atoms with Crippen molar-refractivity contribution in [2.45, 2.75) is 26.8 Å². The Hall–Kier alpha value is -2.13. The molecule has 3 aromatic rings. The zero-order valence-electron chi connectivity index (χ0n) is 12.6. The van der Waals surface area contributed by atoms with Crippen LogP contribution in [0.5, 0.6) is 0 Å². The molecule has 0 bridgehead atoms. The standard InChI is InChI=1S/C18H21N3/c1-3-10-19-12-16-11-14(2)8-9-18(16)21-17-7-5-4-6-15(17)13-20-21/h4-9,11,13,19H,3,10,12H2,1-2H3. The predicted molar refractivity (Wildman–Crippen MR) is 87.8 cm³/mol. The minimum atomic E-state index is 0.874. The van der Waals surface area contributed by atoms with Gasteiger partial charge in [-0.2, -0.15) is 5.10 Å². The molecule has 0 atom stereocenters. The van der Waals surface area contributed by atoms with E-state index in [1.165, 1.54) is 16.5 Å². The normalized spacial score (nSPS) is 11.1. The molecule has 21 heavy (non-hydrogen) atoms. The summed E-state index contributed by atoms with van der Waals surface area (Å²) in [5.41, 5.74) is 4.88. The Morgan fingerprint density at radius 3 is 2.86 bits per heavy atom. The minimum absolute atomic E-state index is 0.874. The van der Waals surface area contributed by atoms with Gasteiger partial charge in [-0.3, -0.25) is 0 Å². The van der Waals surface area contributed by atoms with Crippen LogP contribution in [0.1, 0.15) is 24.5 Å². The summed E-state index contributed by atoms with van der Waals surface area (Å²) in [7, 11) is 0. The summed E-state index contributed by atoms with van der Waals surface area (Å²) >= 11 is 0. The molecule has 1 aromatic heterocycles. The molecule has 108 valence electrons. The van der Waals surface area contributed by atoms with E-state index in [0.717, 1.165) is 30.7 Å². The number of nitrogens with zero attached hydrogens (tertiary/aromatic N) is 2. The highest BCUT2D eigenvalue weighted by Crippen LogP contribution is 2.22. The van der Waals surface area contributed by atoms with E-state index in [1.54, 1.807) is 0 Å². The average Bonchev–Trinajstić information content (AvgIpc) is 2.92. The molecule has 1 heterocycles. The quantitative estimate of drug-likeness (QED) is 0.719. The molecule has 3 nitrogen and oxygen atoms in total. The SMILES string of the molecule is CCCNCc1cc(C)ccc1-n1ncc2ccccc21. The zero-order valence-corrected chi connectivity index (χ0v) is 12.6. The van der Waals surface area contributed by atoms with Crippen molar-refractivity contribution < 1.29 is 0 Å². The second kappa shape index (κ2) is 6.10. The Morgan fingerprint density at radius 1 is 1.14 bits per heavy atom. The maximum absolute atomic E-state index is 4.57. The Balaban J connectivity index is 2.04. The van der Waals surface area contributed by atoms with Gasteiger partial charge in [-0.1, -0.05) is 42.8 Å². The van der Waals surface area contributed by atoms with Crippen molar-refractivity contribution in [3.63, 3.8) is 0 Å². The maximum atomic E-state index is 4.57. The van der Waals surface area contributed by atoms with E-state index >= 15 is 0 Å². The van der Waals surface area contributed by atoms with Gasteiger partial charge in [-0.25, -0.2) is 4.68 Å². The molecular formula is C18H21N3. The third-order valence-corrected chi connectivity index (χ3v) is 3.68. The summed E-state index contributed by atoms with van der Waals surface area (Å²) < 4.78 is 2.04. The number of benzene rings is 2. The molecule has 0 amide bonds. The molecular weight excluding hydrogens is 258 g/mol. The van der Waals surface area contributed by atoms with E-state index in [1.807, 2.05) is 16.9 Å². The van der Waals surface area contributed by atoms with E-state index in [2.05, 4.69) is 60.7 Å². The van der Waals surface area contributed by atoms with Gasteiger partial charge in [0.2, 0.25) is 0 Å². The molecule has 0 saturated carbocycles. The molecule has 0 aliphatic rings. The topological polar surface area (TPSA) is 29.9 Å². The highest BCUT2D eigenvalue weighted by molar-refractivity contribution is 5.80. The lowest BCUT2D eigenvalue weighted by molar-refractivity contribution is 0.671. The molecule has 0 unspecified atom stereocenters. The molecule has 0 radical (unpaired) electrons. The van der Waals surface area contributed by atoms with Crippen LogP contribution in [0.4, 0.5) is 0 Å². The Labute approximate surface area is 125 Å². The summed E-state index contributed by atoms with van der Waals surface area (Å²) in [6.45, 7) is 6.23. The summed E-state index contributed by atoms with van der Waals surface area (Å²) in [6, 6.07) is 14.9.